The predicted molar refractivity (Wildman–Crippen MR) is 83.9 cm³/mol. The van der Waals surface area contributed by atoms with Gasteiger partial charge in [0.2, 0.25) is 0 Å². The standard InChI is InChI=1S/C13H12BrCl2NS/c14-12-8-18-7-10(12)6-17-4-3-9-1-2-11(15)5-13(9)16/h1-2,5,7-8,17H,3-4,6H2. The number of halogens is 3. The van der Waals surface area contributed by atoms with Crippen LogP contribution in [0.15, 0.2) is 33.4 Å². The number of benzene rings is 1. The summed E-state index contributed by atoms with van der Waals surface area (Å²) in [7, 11) is 0. The first-order chi connectivity index (χ1) is 8.66. The van der Waals surface area contributed by atoms with Crippen molar-refractivity contribution < 1.29 is 0 Å². The molecule has 2 aromatic rings. The maximum Gasteiger partial charge on any atom is 0.0453 e. The highest BCUT2D eigenvalue weighted by molar-refractivity contribution is 9.10. The minimum atomic E-state index is 0.680. The molecule has 0 unspecified atom stereocenters. The molecule has 1 aromatic heterocycles. The molecule has 0 aliphatic rings. The van der Waals surface area contributed by atoms with E-state index >= 15 is 0 Å². The zero-order valence-corrected chi connectivity index (χ0v) is 13.5. The highest BCUT2D eigenvalue weighted by atomic mass is 79.9. The molecule has 0 spiro atoms. The third-order valence-corrected chi connectivity index (χ3v) is 5.01. The first-order valence-corrected chi connectivity index (χ1v) is 8.01. The molecule has 18 heavy (non-hydrogen) atoms. The number of rotatable bonds is 5. The number of nitrogens with one attached hydrogen (secondary N) is 1. The highest BCUT2D eigenvalue weighted by Crippen LogP contribution is 2.22. The van der Waals surface area contributed by atoms with Crippen LogP contribution in [0.1, 0.15) is 11.1 Å². The van der Waals surface area contributed by atoms with Gasteiger partial charge >= 0.3 is 0 Å². The summed E-state index contributed by atoms with van der Waals surface area (Å²) < 4.78 is 1.17. The van der Waals surface area contributed by atoms with E-state index in [4.69, 9.17) is 23.2 Å². The molecule has 0 saturated heterocycles. The molecule has 1 nitrogen and oxygen atoms in total. The van der Waals surface area contributed by atoms with Gasteiger partial charge in [0, 0.05) is 26.4 Å². The summed E-state index contributed by atoms with van der Waals surface area (Å²) >= 11 is 17.2. The molecular formula is C13H12BrCl2NS. The molecule has 0 fully saturated rings. The fourth-order valence-electron chi connectivity index (χ4n) is 1.60. The van der Waals surface area contributed by atoms with Crippen LogP contribution in [0.4, 0.5) is 0 Å². The van der Waals surface area contributed by atoms with Crippen LogP contribution < -0.4 is 5.32 Å². The van der Waals surface area contributed by atoms with Crippen molar-refractivity contribution in [2.75, 3.05) is 6.54 Å². The minimum Gasteiger partial charge on any atom is -0.312 e. The molecule has 0 bridgehead atoms. The molecule has 0 radical (unpaired) electrons. The van der Waals surface area contributed by atoms with Gasteiger partial charge in [0.1, 0.15) is 0 Å². The molecule has 0 aliphatic heterocycles. The van der Waals surface area contributed by atoms with Crippen LogP contribution in [0, 0.1) is 0 Å². The van der Waals surface area contributed by atoms with E-state index in [1.807, 2.05) is 12.1 Å². The summed E-state index contributed by atoms with van der Waals surface area (Å²) in [6, 6.07) is 5.64. The summed E-state index contributed by atoms with van der Waals surface area (Å²) in [6.45, 7) is 1.76. The Hall–Kier alpha value is -0.0600. The van der Waals surface area contributed by atoms with E-state index in [9.17, 15) is 0 Å². The van der Waals surface area contributed by atoms with Crippen LogP contribution in [0.2, 0.25) is 10.0 Å². The van der Waals surface area contributed by atoms with Crippen LogP contribution in [0.5, 0.6) is 0 Å². The Kier molecular flexibility index (Phi) is 5.52. The smallest absolute Gasteiger partial charge is 0.0453 e. The van der Waals surface area contributed by atoms with Gasteiger partial charge < -0.3 is 5.32 Å². The molecule has 96 valence electrons. The maximum atomic E-state index is 6.12. The van der Waals surface area contributed by atoms with Gasteiger partial charge in [-0.25, -0.2) is 0 Å². The number of thiophene rings is 1. The third kappa shape index (κ3) is 3.97. The Morgan fingerprint density at radius 2 is 2.00 bits per heavy atom. The first-order valence-electron chi connectivity index (χ1n) is 5.52. The molecular weight excluding hydrogens is 353 g/mol. The van der Waals surface area contributed by atoms with Gasteiger partial charge in [-0.2, -0.15) is 11.3 Å². The highest BCUT2D eigenvalue weighted by Gasteiger charge is 2.02. The SMILES string of the molecule is Clc1ccc(CCNCc2cscc2Br)c(Cl)c1. The van der Waals surface area contributed by atoms with Crippen LogP contribution in [0.25, 0.3) is 0 Å². The van der Waals surface area contributed by atoms with Crippen molar-refractivity contribution in [3.8, 4) is 0 Å². The van der Waals surface area contributed by atoms with Crippen LogP contribution in [0.3, 0.4) is 0 Å². The Morgan fingerprint density at radius 3 is 2.67 bits per heavy atom. The van der Waals surface area contributed by atoms with Gasteiger partial charge in [0.25, 0.3) is 0 Å². The number of hydrogen-bond donors (Lipinski definition) is 1. The van der Waals surface area contributed by atoms with E-state index in [-0.39, 0.29) is 0 Å². The largest absolute Gasteiger partial charge is 0.312 e. The van der Waals surface area contributed by atoms with Crippen molar-refractivity contribution in [3.05, 3.63) is 54.6 Å². The summed E-state index contributed by atoms with van der Waals surface area (Å²) in [5, 5.41) is 9.06. The Morgan fingerprint density at radius 1 is 1.17 bits per heavy atom. The van der Waals surface area contributed by atoms with E-state index in [0.717, 1.165) is 30.1 Å². The van der Waals surface area contributed by atoms with Crippen molar-refractivity contribution >= 4 is 50.5 Å². The maximum absolute atomic E-state index is 6.12. The lowest BCUT2D eigenvalue weighted by Gasteiger charge is -2.06. The van der Waals surface area contributed by atoms with Crippen LogP contribution in [-0.2, 0) is 13.0 Å². The Labute approximate surface area is 129 Å². The molecule has 0 amide bonds. The molecule has 0 aliphatic carbocycles. The second-order valence-corrected chi connectivity index (χ2v) is 6.35. The van der Waals surface area contributed by atoms with Gasteiger partial charge in [-0.15, -0.1) is 0 Å². The molecule has 0 atom stereocenters. The zero-order valence-electron chi connectivity index (χ0n) is 9.55. The van der Waals surface area contributed by atoms with Gasteiger partial charge in [-0.3, -0.25) is 0 Å². The second kappa shape index (κ2) is 6.92. The van der Waals surface area contributed by atoms with Crippen molar-refractivity contribution in [2.45, 2.75) is 13.0 Å². The lowest BCUT2D eigenvalue weighted by Crippen LogP contribution is -2.16. The lowest BCUT2D eigenvalue weighted by atomic mass is 10.1. The summed E-state index contributed by atoms with van der Waals surface area (Å²) in [4.78, 5) is 0. The Bertz CT molecular complexity index is 527. The molecule has 0 saturated carbocycles. The Balaban J connectivity index is 1.80. The fraction of sp³-hybridized carbons (Fsp3) is 0.231. The van der Waals surface area contributed by atoms with E-state index in [0.29, 0.717) is 5.02 Å². The molecule has 2 rings (SSSR count). The normalized spacial score (nSPS) is 10.8. The molecule has 1 N–H and O–H groups in total. The number of hydrogen-bond acceptors (Lipinski definition) is 2. The van der Waals surface area contributed by atoms with E-state index in [1.54, 1.807) is 17.4 Å². The summed E-state index contributed by atoms with van der Waals surface area (Å²) in [5.74, 6) is 0. The van der Waals surface area contributed by atoms with Crippen molar-refractivity contribution in [3.63, 3.8) is 0 Å². The average molecular weight is 365 g/mol. The average Bonchev–Trinajstić information content (AvgIpc) is 2.73. The van der Waals surface area contributed by atoms with E-state index in [2.05, 4.69) is 32.0 Å². The quantitative estimate of drug-likeness (QED) is 0.723. The van der Waals surface area contributed by atoms with Crippen molar-refractivity contribution in [2.24, 2.45) is 0 Å². The summed E-state index contributed by atoms with van der Waals surface area (Å²) in [5.41, 5.74) is 2.42. The summed E-state index contributed by atoms with van der Waals surface area (Å²) in [6.07, 6.45) is 0.901. The van der Waals surface area contributed by atoms with E-state index < -0.39 is 0 Å². The van der Waals surface area contributed by atoms with Crippen LogP contribution >= 0.6 is 50.5 Å². The predicted octanol–water partition coefficient (Wildman–Crippen LogP) is 5.15. The zero-order chi connectivity index (χ0) is 13.0. The topological polar surface area (TPSA) is 12.0 Å². The van der Waals surface area contributed by atoms with Crippen molar-refractivity contribution in [1.82, 2.24) is 5.32 Å². The van der Waals surface area contributed by atoms with Gasteiger partial charge in [-0.05, 0) is 57.5 Å². The lowest BCUT2D eigenvalue weighted by molar-refractivity contribution is 0.687. The molecule has 1 aromatic carbocycles. The van der Waals surface area contributed by atoms with Gasteiger partial charge in [-0.1, -0.05) is 29.3 Å². The molecule has 1 heterocycles. The van der Waals surface area contributed by atoms with Crippen molar-refractivity contribution in [1.29, 1.82) is 0 Å². The third-order valence-electron chi connectivity index (χ3n) is 2.59. The first kappa shape index (κ1) is 14.4. The van der Waals surface area contributed by atoms with Gasteiger partial charge in [0.05, 0.1) is 0 Å². The minimum absolute atomic E-state index is 0.680. The second-order valence-electron chi connectivity index (χ2n) is 3.91. The fourth-order valence-corrected chi connectivity index (χ4v) is 3.55. The molecule has 5 heteroatoms. The van der Waals surface area contributed by atoms with Gasteiger partial charge in [0.15, 0.2) is 0 Å². The van der Waals surface area contributed by atoms with E-state index in [1.165, 1.54) is 10.0 Å². The van der Waals surface area contributed by atoms with Crippen LogP contribution in [-0.4, -0.2) is 6.54 Å². The monoisotopic (exact) mass is 363 g/mol.